The minimum Gasteiger partial charge on any atom is -0.388 e. The third-order valence-corrected chi connectivity index (χ3v) is 3.28. The monoisotopic (exact) mass is 205 g/mol. The molecule has 0 saturated heterocycles. The van der Waals surface area contributed by atoms with Crippen LogP contribution < -0.4 is 5.32 Å². The highest BCUT2D eigenvalue weighted by Gasteiger charge is 2.35. The summed E-state index contributed by atoms with van der Waals surface area (Å²) in [5.41, 5.74) is 1.89. The predicted molar refractivity (Wildman–Crippen MR) is 63.1 cm³/mol. The van der Waals surface area contributed by atoms with Crippen LogP contribution in [0.5, 0.6) is 0 Å². The van der Waals surface area contributed by atoms with Gasteiger partial charge < -0.3 is 10.4 Å². The van der Waals surface area contributed by atoms with Crippen LogP contribution in [-0.4, -0.2) is 16.7 Å². The minimum absolute atomic E-state index is 0.162. The van der Waals surface area contributed by atoms with Crippen molar-refractivity contribution in [2.45, 2.75) is 44.8 Å². The molecule has 2 N–H and O–H groups in total. The third-order valence-electron chi connectivity index (χ3n) is 3.28. The van der Waals surface area contributed by atoms with E-state index >= 15 is 0 Å². The van der Waals surface area contributed by atoms with E-state index in [1.165, 1.54) is 11.3 Å². The van der Waals surface area contributed by atoms with Gasteiger partial charge in [0, 0.05) is 5.69 Å². The molecule has 1 aromatic rings. The summed E-state index contributed by atoms with van der Waals surface area (Å²) >= 11 is 0. The Labute approximate surface area is 91.3 Å². The second-order valence-corrected chi connectivity index (χ2v) is 4.67. The molecule has 0 spiro atoms. The molecule has 0 aliphatic carbocycles. The van der Waals surface area contributed by atoms with Gasteiger partial charge in [-0.25, -0.2) is 0 Å². The van der Waals surface area contributed by atoms with Crippen molar-refractivity contribution in [1.82, 2.24) is 0 Å². The van der Waals surface area contributed by atoms with Crippen molar-refractivity contribution in [2.75, 3.05) is 5.32 Å². The van der Waals surface area contributed by atoms with E-state index in [1.54, 1.807) is 0 Å². The van der Waals surface area contributed by atoms with Crippen LogP contribution in [0, 0.1) is 0 Å². The van der Waals surface area contributed by atoms with Gasteiger partial charge in [0.05, 0.1) is 11.6 Å². The normalized spacial score (nSPS) is 23.0. The lowest BCUT2D eigenvalue weighted by Gasteiger charge is -2.30. The summed E-state index contributed by atoms with van der Waals surface area (Å²) in [6.45, 7) is 4.04. The summed E-state index contributed by atoms with van der Waals surface area (Å²) in [7, 11) is 0. The van der Waals surface area contributed by atoms with Gasteiger partial charge >= 0.3 is 0 Å². The molecule has 0 amide bonds. The van der Waals surface area contributed by atoms with Gasteiger partial charge in [-0.3, -0.25) is 0 Å². The van der Waals surface area contributed by atoms with Crippen LogP contribution >= 0.6 is 0 Å². The first kappa shape index (κ1) is 10.5. The maximum atomic E-state index is 10.3. The fraction of sp³-hybridized carbons (Fsp3) is 0.538. The molecule has 82 valence electrons. The van der Waals surface area contributed by atoms with Gasteiger partial charge in [0.15, 0.2) is 0 Å². The average Bonchev–Trinajstić information content (AvgIpc) is 2.61. The second-order valence-electron chi connectivity index (χ2n) is 4.67. The molecule has 1 heterocycles. The zero-order valence-corrected chi connectivity index (χ0v) is 9.46. The number of anilines is 1. The Kier molecular flexibility index (Phi) is 2.70. The predicted octanol–water partition coefficient (Wildman–Crippen LogP) is 2.57. The van der Waals surface area contributed by atoms with Crippen LogP contribution in [0.2, 0.25) is 0 Å². The Morgan fingerprint density at radius 3 is 2.87 bits per heavy atom. The number of nitrogens with one attached hydrogen (secondary N) is 1. The van der Waals surface area contributed by atoms with Gasteiger partial charge in [0.2, 0.25) is 0 Å². The molecular formula is C13H19NO. The first-order valence-electron chi connectivity index (χ1n) is 5.70. The highest BCUT2D eigenvalue weighted by atomic mass is 16.3. The smallest absolute Gasteiger partial charge is 0.0822 e. The number of aliphatic hydroxyl groups is 1. The van der Waals surface area contributed by atoms with Crippen LogP contribution in [0.1, 0.15) is 32.3 Å². The van der Waals surface area contributed by atoms with E-state index in [0.29, 0.717) is 0 Å². The van der Waals surface area contributed by atoms with Crippen molar-refractivity contribution in [3.05, 3.63) is 29.8 Å². The van der Waals surface area contributed by atoms with E-state index < -0.39 is 5.60 Å². The Bertz CT molecular complexity index is 321. The standard InChI is InChI=1S/C13H19NO/c1-3-8-13(2,15)12-9-10-6-4-5-7-11(10)14-12/h4-7,12,14-15H,3,8-9H2,1-2H3. The molecule has 2 nitrogen and oxygen atoms in total. The van der Waals surface area contributed by atoms with Crippen molar-refractivity contribution in [1.29, 1.82) is 0 Å². The van der Waals surface area contributed by atoms with E-state index in [1.807, 2.05) is 13.0 Å². The number of fused-ring (bicyclic) bond motifs is 1. The molecule has 2 rings (SSSR count). The van der Waals surface area contributed by atoms with E-state index in [2.05, 4.69) is 30.4 Å². The lowest BCUT2D eigenvalue weighted by molar-refractivity contribution is 0.0323. The Morgan fingerprint density at radius 1 is 1.47 bits per heavy atom. The van der Waals surface area contributed by atoms with Crippen molar-refractivity contribution in [3.63, 3.8) is 0 Å². The van der Waals surface area contributed by atoms with Crippen molar-refractivity contribution in [3.8, 4) is 0 Å². The Hall–Kier alpha value is -1.02. The number of hydrogen-bond acceptors (Lipinski definition) is 2. The van der Waals surface area contributed by atoms with E-state index in [9.17, 15) is 5.11 Å². The van der Waals surface area contributed by atoms with Gasteiger partial charge in [-0.15, -0.1) is 0 Å². The number of hydrogen-bond donors (Lipinski definition) is 2. The van der Waals surface area contributed by atoms with Gasteiger partial charge in [-0.1, -0.05) is 31.5 Å². The fourth-order valence-electron chi connectivity index (χ4n) is 2.35. The molecular weight excluding hydrogens is 186 g/mol. The Morgan fingerprint density at radius 2 is 2.20 bits per heavy atom. The molecule has 0 bridgehead atoms. The molecule has 0 saturated carbocycles. The topological polar surface area (TPSA) is 32.3 Å². The highest BCUT2D eigenvalue weighted by molar-refractivity contribution is 5.57. The summed E-state index contributed by atoms with van der Waals surface area (Å²) in [5.74, 6) is 0. The highest BCUT2D eigenvalue weighted by Crippen LogP contribution is 2.32. The number of benzene rings is 1. The van der Waals surface area contributed by atoms with Crippen LogP contribution in [0.15, 0.2) is 24.3 Å². The molecule has 2 heteroatoms. The summed E-state index contributed by atoms with van der Waals surface area (Å²) in [6, 6.07) is 8.46. The van der Waals surface area contributed by atoms with Crippen molar-refractivity contribution >= 4 is 5.69 Å². The molecule has 0 aromatic heterocycles. The summed E-state index contributed by atoms with van der Waals surface area (Å²) in [5, 5.41) is 13.7. The van der Waals surface area contributed by atoms with Crippen LogP contribution in [0.25, 0.3) is 0 Å². The lowest BCUT2D eigenvalue weighted by Crippen LogP contribution is -2.43. The van der Waals surface area contributed by atoms with E-state index in [-0.39, 0.29) is 6.04 Å². The number of rotatable bonds is 3. The molecule has 1 aromatic carbocycles. The van der Waals surface area contributed by atoms with Crippen LogP contribution in [0.3, 0.4) is 0 Å². The Balaban J connectivity index is 2.13. The SMILES string of the molecule is CCCC(C)(O)C1Cc2ccccc2N1. The zero-order chi connectivity index (χ0) is 10.9. The maximum Gasteiger partial charge on any atom is 0.0822 e. The first-order chi connectivity index (χ1) is 7.13. The molecule has 0 radical (unpaired) electrons. The maximum absolute atomic E-state index is 10.3. The van der Waals surface area contributed by atoms with Gasteiger partial charge in [-0.2, -0.15) is 0 Å². The second kappa shape index (κ2) is 3.86. The summed E-state index contributed by atoms with van der Waals surface area (Å²) in [4.78, 5) is 0. The van der Waals surface area contributed by atoms with Gasteiger partial charge in [-0.05, 0) is 31.4 Å². The third kappa shape index (κ3) is 2.00. The zero-order valence-electron chi connectivity index (χ0n) is 9.46. The fourth-order valence-corrected chi connectivity index (χ4v) is 2.35. The van der Waals surface area contributed by atoms with Crippen molar-refractivity contribution < 1.29 is 5.11 Å². The van der Waals surface area contributed by atoms with Crippen molar-refractivity contribution in [2.24, 2.45) is 0 Å². The molecule has 1 aliphatic heterocycles. The largest absolute Gasteiger partial charge is 0.388 e. The van der Waals surface area contributed by atoms with E-state index in [4.69, 9.17) is 0 Å². The first-order valence-corrected chi connectivity index (χ1v) is 5.70. The van der Waals surface area contributed by atoms with Gasteiger partial charge in [0.1, 0.15) is 0 Å². The minimum atomic E-state index is -0.603. The summed E-state index contributed by atoms with van der Waals surface area (Å²) < 4.78 is 0. The quantitative estimate of drug-likeness (QED) is 0.795. The number of para-hydroxylation sites is 1. The van der Waals surface area contributed by atoms with Gasteiger partial charge in [0.25, 0.3) is 0 Å². The molecule has 15 heavy (non-hydrogen) atoms. The molecule has 0 fully saturated rings. The van der Waals surface area contributed by atoms with Crippen LogP contribution in [0.4, 0.5) is 5.69 Å². The molecule has 2 unspecified atom stereocenters. The molecule has 2 atom stereocenters. The average molecular weight is 205 g/mol. The van der Waals surface area contributed by atoms with Crippen LogP contribution in [-0.2, 0) is 6.42 Å². The lowest BCUT2D eigenvalue weighted by atomic mass is 9.89. The summed E-state index contributed by atoms with van der Waals surface area (Å²) in [6.07, 6.45) is 2.79. The van der Waals surface area contributed by atoms with E-state index in [0.717, 1.165) is 19.3 Å². The molecule has 1 aliphatic rings.